The summed E-state index contributed by atoms with van der Waals surface area (Å²) >= 11 is 0. The monoisotopic (exact) mass is 167 g/mol. The zero-order valence-electron chi connectivity index (χ0n) is 7.37. The molecule has 64 valence electrons. The third-order valence-electron chi connectivity index (χ3n) is 1.90. The molecular weight excluding hydrogens is 156 g/mol. The first kappa shape index (κ1) is 8.64. The van der Waals surface area contributed by atoms with Crippen LogP contribution in [0.2, 0.25) is 0 Å². The minimum absolute atomic E-state index is 0.170. The van der Waals surface area contributed by atoms with Gasteiger partial charge in [-0.05, 0) is 6.92 Å². The van der Waals surface area contributed by atoms with Gasteiger partial charge in [-0.25, -0.2) is 0 Å². The molecule has 1 heterocycles. The van der Waals surface area contributed by atoms with E-state index >= 15 is 0 Å². The Morgan fingerprint density at radius 1 is 1.50 bits per heavy atom. The van der Waals surface area contributed by atoms with Gasteiger partial charge in [-0.2, -0.15) is 4.57 Å². The quantitative estimate of drug-likeness (QED) is 0.356. The predicted octanol–water partition coefficient (Wildman–Crippen LogP) is 1.04. The summed E-state index contributed by atoms with van der Waals surface area (Å²) in [5.74, 6) is 0. The number of rotatable bonds is 1. The zero-order valence-corrected chi connectivity index (χ0v) is 7.37. The van der Waals surface area contributed by atoms with Crippen LogP contribution in [-0.2, 0) is 7.05 Å². The van der Waals surface area contributed by atoms with Crippen LogP contribution in [0, 0.1) is 24.0 Å². The van der Waals surface area contributed by atoms with Crippen molar-refractivity contribution in [2.75, 3.05) is 0 Å². The van der Waals surface area contributed by atoms with Crippen molar-refractivity contribution in [2.24, 2.45) is 7.05 Å². The Balaban J connectivity index is 3.33. The van der Waals surface area contributed by atoms with Crippen LogP contribution in [-0.4, -0.2) is 4.92 Å². The van der Waals surface area contributed by atoms with E-state index in [9.17, 15) is 10.1 Å². The lowest BCUT2D eigenvalue weighted by Crippen LogP contribution is -2.31. The molecule has 0 fully saturated rings. The van der Waals surface area contributed by atoms with Gasteiger partial charge in [0, 0.05) is 18.6 Å². The van der Waals surface area contributed by atoms with E-state index in [1.165, 1.54) is 6.20 Å². The summed E-state index contributed by atoms with van der Waals surface area (Å²) in [6, 6.07) is 1.80. The Kier molecular flexibility index (Phi) is 2.08. The van der Waals surface area contributed by atoms with Gasteiger partial charge in [0.05, 0.1) is 4.92 Å². The van der Waals surface area contributed by atoms with Crippen molar-refractivity contribution in [1.29, 1.82) is 0 Å². The average molecular weight is 167 g/mol. The van der Waals surface area contributed by atoms with E-state index in [4.69, 9.17) is 0 Å². The van der Waals surface area contributed by atoms with Gasteiger partial charge in [-0.1, -0.05) is 0 Å². The number of pyridine rings is 1. The van der Waals surface area contributed by atoms with E-state index in [-0.39, 0.29) is 10.6 Å². The topological polar surface area (TPSA) is 47.0 Å². The molecule has 0 aliphatic rings. The minimum Gasteiger partial charge on any atom is -0.258 e. The Labute approximate surface area is 70.6 Å². The molecule has 0 N–H and O–H groups in total. The lowest BCUT2D eigenvalue weighted by molar-refractivity contribution is -0.680. The lowest BCUT2D eigenvalue weighted by Gasteiger charge is -1.96. The van der Waals surface area contributed by atoms with Crippen LogP contribution >= 0.6 is 0 Å². The molecule has 1 aromatic heterocycles. The van der Waals surface area contributed by atoms with E-state index < -0.39 is 0 Å². The first-order valence-corrected chi connectivity index (χ1v) is 3.63. The van der Waals surface area contributed by atoms with Crippen LogP contribution in [0.25, 0.3) is 0 Å². The molecule has 0 bridgehead atoms. The molecule has 4 heteroatoms. The molecule has 0 spiro atoms. The van der Waals surface area contributed by atoms with Gasteiger partial charge in [0.15, 0.2) is 5.69 Å². The lowest BCUT2D eigenvalue weighted by atomic mass is 10.2. The second-order valence-electron chi connectivity index (χ2n) is 2.85. The van der Waals surface area contributed by atoms with Crippen LogP contribution in [0.4, 0.5) is 5.69 Å². The fourth-order valence-corrected chi connectivity index (χ4v) is 1.07. The Morgan fingerprint density at radius 3 is 2.58 bits per heavy atom. The molecule has 1 aromatic rings. The zero-order chi connectivity index (χ0) is 9.30. The minimum atomic E-state index is -0.366. The third kappa shape index (κ3) is 1.42. The fraction of sp³-hybridized carbons (Fsp3) is 0.375. The van der Waals surface area contributed by atoms with Crippen LogP contribution in [0.5, 0.6) is 0 Å². The summed E-state index contributed by atoms with van der Waals surface area (Å²) in [4.78, 5) is 10.1. The van der Waals surface area contributed by atoms with Gasteiger partial charge in [0.1, 0.15) is 7.05 Å². The van der Waals surface area contributed by atoms with Crippen molar-refractivity contribution in [3.8, 4) is 0 Å². The average Bonchev–Trinajstić information content (AvgIpc) is 1.96. The van der Waals surface area contributed by atoms with Gasteiger partial charge < -0.3 is 0 Å². The number of nitrogens with zero attached hydrogens (tertiary/aromatic N) is 2. The predicted molar refractivity (Wildman–Crippen MR) is 43.7 cm³/mol. The van der Waals surface area contributed by atoms with Gasteiger partial charge in [-0.3, -0.25) is 10.1 Å². The molecular formula is C8H11N2O2+. The molecule has 4 nitrogen and oxygen atoms in total. The van der Waals surface area contributed by atoms with Crippen molar-refractivity contribution in [1.82, 2.24) is 0 Å². The van der Waals surface area contributed by atoms with Gasteiger partial charge >= 0.3 is 5.69 Å². The summed E-state index contributed by atoms with van der Waals surface area (Å²) in [7, 11) is 1.79. The summed E-state index contributed by atoms with van der Waals surface area (Å²) < 4.78 is 1.74. The Morgan fingerprint density at radius 2 is 2.08 bits per heavy atom. The van der Waals surface area contributed by atoms with Crippen LogP contribution in [0.1, 0.15) is 11.3 Å². The number of hydrogen-bond acceptors (Lipinski definition) is 2. The van der Waals surface area contributed by atoms with E-state index in [0.717, 1.165) is 5.69 Å². The van der Waals surface area contributed by atoms with Crippen LogP contribution in [0.15, 0.2) is 12.3 Å². The van der Waals surface area contributed by atoms with E-state index in [0.29, 0.717) is 5.56 Å². The second-order valence-corrected chi connectivity index (χ2v) is 2.85. The molecule has 0 unspecified atom stereocenters. The number of hydrogen-bond donors (Lipinski definition) is 0. The standard InChI is InChI=1S/C8H11N2O2/c1-6-4-7(2)9(3)5-8(6)10(11)12/h4-5H,1-3H3/q+1. The maximum absolute atomic E-state index is 10.5. The Hall–Kier alpha value is -1.45. The highest BCUT2D eigenvalue weighted by Crippen LogP contribution is 2.14. The van der Waals surface area contributed by atoms with Gasteiger partial charge in [0.25, 0.3) is 0 Å². The third-order valence-corrected chi connectivity index (χ3v) is 1.90. The molecule has 0 amide bonds. The van der Waals surface area contributed by atoms with Crippen LogP contribution in [0.3, 0.4) is 0 Å². The maximum atomic E-state index is 10.5. The van der Waals surface area contributed by atoms with Crippen molar-refractivity contribution >= 4 is 5.69 Å². The van der Waals surface area contributed by atoms with E-state index in [1.54, 1.807) is 24.6 Å². The van der Waals surface area contributed by atoms with Gasteiger partial charge in [0.2, 0.25) is 6.20 Å². The molecule has 0 radical (unpaired) electrons. The van der Waals surface area contributed by atoms with Crippen molar-refractivity contribution in [2.45, 2.75) is 13.8 Å². The summed E-state index contributed by atoms with van der Waals surface area (Å²) in [6.45, 7) is 3.65. The molecule has 0 atom stereocenters. The number of nitro groups is 1. The van der Waals surface area contributed by atoms with Crippen molar-refractivity contribution in [3.63, 3.8) is 0 Å². The number of aryl methyl sites for hydroxylation is 3. The highest BCUT2D eigenvalue weighted by Gasteiger charge is 2.16. The molecule has 1 rings (SSSR count). The van der Waals surface area contributed by atoms with Gasteiger partial charge in [-0.15, -0.1) is 0 Å². The molecule has 0 aliphatic heterocycles. The first-order chi connectivity index (χ1) is 5.52. The van der Waals surface area contributed by atoms with Crippen molar-refractivity contribution in [3.05, 3.63) is 33.6 Å². The molecule has 0 saturated heterocycles. The van der Waals surface area contributed by atoms with E-state index in [2.05, 4.69) is 0 Å². The van der Waals surface area contributed by atoms with Crippen LogP contribution < -0.4 is 4.57 Å². The molecule has 0 aliphatic carbocycles. The normalized spacial score (nSPS) is 9.92. The second kappa shape index (κ2) is 2.89. The molecule has 12 heavy (non-hydrogen) atoms. The highest BCUT2D eigenvalue weighted by atomic mass is 16.6. The molecule has 0 saturated carbocycles. The Bertz CT molecular complexity index is 334. The summed E-state index contributed by atoms with van der Waals surface area (Å²) in [5, 5.41) is 10.5. The number of aromatic nitrogens is 1. The summed E-state index contributed by atoms with van der Waals surface area (Å²) in [5.41, 5.74) is 1.89. The SMILES string of the molecule is Cc1cc(C)[n+](C)cc1[N+](=O)[O-]. The fourth-order valence-electron chi connectivity index (χ4n) is 1.07. The largest absolute Gasteiger partial charge is 0.335 e. The van der Waals surface area contributed by atoms with Crippen molar-refractivity contribution < 1.29 is 9.49 Å². The molecule has 0 aromatic carbocycles. The smallest absolute Gasteiger partial charge is 0.258 e. The highest BCUT2D eigenvalue weighted by molar-refractivity contribution is 5.34. The van der Waals surface area contributed by atoms with E-state index in [1.807, 2.05) is 6.92 Å². The first-order valence-electron chi connectivity index (χ1n) is 3.63. The maximum Gasteiger partial charge on any atom is 0.335 e. The summed E-state index contributed by atoms with van der Waals surface area (Å²) in [6.07, 6.45) is 1.53.